The molecule has 5 nitrogen and oxygen atoms in total. The lowest BCUT2D eigenvalue weighted by Gasteiger charge is -2.34. The molecule has 2 atom stereocenters. The quantitative estimate of drug-likeness (QED) is 0.225. The van der Waals surface area contributed by atoms with Gasteiger partial charge in [-0.3, -0.25) is 0 Å². The standard InChI is InChI=1S/C36H43NO4/c1-21(2)40-32-19-33(41-22(3)4)35(29-18-24(6)37-25(7)34(29)32)27-14-15-30(39-20-26-12-10-9-11-13-26)36-28(27)16-23(5)17-31(36)38-8/h9-17,19,21-22,24-25,37H,18,20H2,1-8H3/t24-,25-/m1/s1. The lowest BCUT2D eigenvalue weighted by Crippen LogP contribution is -2.37. The highest BCUT2D eigenvalue weighted by Gasteiger charge is 2.31. The van der Waals surface area contributed by atoms with Crippen LogP contribution in [0.1, 0.15) is 69.8 Å². The van der Waals surface area contributed by atoms with Gasteiger partial charge < -0.3 is 24.3 Å². The maximum absolute atomic E-state index is 6.57. The highest BCUT2D eigenvalue weighted by Crippen LogP contribution is 2.49. The molecule has 0 unspecified atom stereocenters. The molecule has 5 heteroatoms. The molecule has 1 aliphatic rings. The highest BCUT2D eigenvalue weighted by molar-refractivity contribution is 6.05. The summed E-state index contributed by atoms with van der Waals surface area (Å²) in [7, 11) is 1.73. The van der Waals surface area contributed by atoms with Crippen LogP contribution in [-0.4, -0.2) is 25.4 Å². The normalized spacial score (nSPS) is 16.6. The fraction of sp³-hybridized carbons (Fsp3) is 0.389. The number of aryl methyl sites for hydroxylation is 1. The van der Waals surface area contributed by atoms with Crippen molar-refractivity contribution in [2.75, 3.05) is 7.11 Å². The fourth-order valence-corrected chi connectivity index (χ4v) is 6.04. The van der Waals surface area contributed by atoms with Gasteiger partial charge in [-0.25, -0.2) is 0 Å². The van der Waals surface area contributed by atoms with Crippen molar-refractivity contribution in [2.45, 2.75) is 85.8 Å². The van der Waals surface area contributed by atoms with E-state index in [9.17, 15) is 0 Å². The first kappa shape index (κ1) is 28.8. The molecule has 0 aromatic heterocycles. The lowest BCUT2D eigenvalue weighted by atomic mass is 9.82. The molecule has 0 fully saturated rings. The summed E-state index contributed by atoms with van der Waals surface area (Å²) in [5.41, 5.74) is 6.96. The third-order valence-electron chi connectivity index (χ3n) is 7.51. The Morgan fingerprint density at radius 1 is 0.829 bits per heavy atom. The zero-order chi connectivity index (χ0) is 29.3. The maximum Gasteiger partial charge on any atom is 0.131 e. The predicted octanol–water partition coefficient (Wildman–Crippen LogP) is 8.57. The van der Waals surface area contributed by atoms with Gasteiger partial charge in [0.15, 0.2) is 0 Å². The Kier molecular flexibility index (Phi) is 8.46. The second kappa shape index (κ2) is 12.0. The molecule has 0 bridgehead atoms. The second-order valence-corrected chi connectivity index (χ2v) is 11.7. The van der Waals surface area contributed by atoms with Crippen LogP contribution in [0.4, 0.5) is 0 Å². The van der Waals surface area contributed by atoms with Crippen molar-refractivity contribution in [3.63, 3.8) is 0 Å². The van der Waals surface area contributed by atoms with Crippen molar-refractivity contribution in [1.82, 2.24) is 5.32 Å². The second-order valence-electron chi connectivity index (χ2n) is 11.7. The molecule has 0 aliphatic carbocycles. The minimum Gasteiger partial charge on any atom is -0.496 e. The molecule has 41 heavy (non-hydrogen) atoms. The van der Waals surface area contributed by atoms with Gasteiger partial charge in [-0.15, -0.1) is 0 Å². The van der Waals surface area contributed by atoms with E-state index in [4.69, 9.17) is 18.9 Å². The molecule has 1 aliphatic heterocycles. The van der Waals surface area contributed by atoms with Crippen molar-refractivity contribution in [2.24, 2.45) is 0 Å². The molecule has 4 aromatic rings. The number of benzene rings is 4. The van der Waals surface area contributed by atoms with Crippen molar-refractivity contribution >= 4 is 10.8 Å². The Morgan fingerprint density at radius 2 is 1.54 bits per heavy atom. The number of hydrogen-bond donors (Lipinski definition) is 1. The van der Waals surface area contributed by atoms with E-state index < -0.39 is 0 Å². The van der Waals surface area contributed by atoms with Gasteiger partial charge >= 0.3 is 0 Å². The van der Waals surface area contributed by atoms with E-state index in [2.05, 4.69) is 96.2 Å². The largest absolute Gasteiger partial charge is 0.496 e. The third-order valence-corrected chi connectivity index (χ3v) is 7.51. The number of ether oxygens (including phenoxy) is 4. The zero-order valence-corrected chi connectivity index (χ0v) is 25.6. The summed E-state index contributed by atoms with van der Waals surface area (Å²) in [4.78, 5) is 0. The summed E-state index contributed by atoms with van der Waals surface area (Å²) in [6, 6.07) is 21.4. The van der Waals surface area contributed by atoms with Crippen molar-refractivity contribution < 1.29 is 18.9 Å². The van der Waals surface area contributed by atoms with Gasteiger partial charge in [-0.2, -0.15) is 0 Å². The van der Waals surface area contributed by atoms with Crippen LogP contribution in [-0.2, 0) is 13.0 Å². The van der Waals surface area contributed by atoms with Crippen LogP contribution in [0, 0.1) is 6.92 Å². The van der Waals surface area contributed by atoms with E-state index in [0.29, 0.717) is 12.6 Å². The van der Waals surface area contributed by atoms with Crippen LogP contribution in [0.5, 0.6) is 23.0 Å². The van der Waals surface area contributed by atoms with E-state index in [0.717, 1.165) is 62.4 Å². The zero-order valence-electron chi connectivity index (χ0n) is 25.6. The van der Waals surface area contributed by atoms with Crippen molar-refractivity contribution in [3.8, 4) is 34.1 Å². The lowest BCUT2D eigenvalue weighted by molar-refractivity contribution is 0.224. The van der Waals surface area contributed by atoms with Gasteiger partial charge in [-0.1, -0.05) is 36.4 Å². The predicted molar refractivity (Wildman–Crippen MR) is 168 cm³/mol. The summed E-state index contributed by atoms with van der Waals surface area (Å²) in [6.45, 7) is 15.3. The first-order valence-corrected chi connectivity index (χ1v) is 14.7. The van der Waals surface area contributed by atoms with E-state index in [1.807, 2.05) is 18.2 Å². The van der Waals surface area contributed by atoms with Crippen LogP contribution in [0.2, 0.25) is 0 Å². The minimum absolute atomic E-state index is 0.00581. The van der Waals surface area contributed by atoms with Crippen LogP contribution in [0.15, 0.2) is 60.7 Å². The molecular formula is C36H43NO4. The Morgan fingerprint density at radius 3 is 2.22 bits per heavy atom. The van der Waals surface area contributed by atoms with E-state index >= 15 is 0 Å². The SMILES string of the molecule is COc1cc(C)cc2c(-c3c(OC(C)C)cc(OC(C)C)c4c3C[C@@H](C)N[C@@H]4C)ccc(OCc3ccccc3)c12. The van der Waals surface area contributed by atoms with Crippen LogP contribution >= 0.6 is 0 Å². The topological polar surface area (TPSA) is 49.0 Å². The summed E-state index contributed by atoms with van der Waals surface area (Å²) in [6.07, 6.45) is 0.929. The summed E-state index contributed by atoms with van der Waals surface area (Å²) >= 11 is 0. The first-order valence-electron chi connectivity index (χ1n) is 14.7. The highest BCUT2D eigenvalue weighted by atomic mass is 16.5. The monoisotopic (exact) mass is 553 g/mol. The number of nitrogens with one attached hydrogen (secondary N) is 1. The molecule has 4 aromatic carbocycles. The Labute approximate surface area is 244 Å². The Hall–Kier alpha value is -3.70. The first-order chi connectivity index (χ1) is 19.7. The molecule has 5 rings (SSSR count). The summed E-state index contributed by atoms with van der Waals surface area (Å²) in [5.74, 6) is 3.33. The van der Waals surface area contributed by atoms with Gasteiger partial charge in [-0.05, 0) is 101 Å². The van der Waals surface area contributed by atoms with Gasteiger partial charge in [0, 0.05) is 29.3 Å². The van der Waals surface area contributed by atoms with E-state index in [-0.39, 0.29) is 18.2 Å². The fourth-order valence-electron chi connectivity index (χ4n) is 6.04. The molecule has 1 heterocycles. The van der Waals surface area contributed by atoms with Crippen LogP contribution in [0.3, 0.4) is 0 Å². The molecule has 1 N–H and O–H groups in total. The maximum atomic E-state index is 6.57. The third kappa shape index (κ3) is 6.01. The van der Waals surface area contributed by atoms with Crippen molar-refractivity contribution in [3.05, 3.63) is 82.9 Å². The van der Waals surface area contributed by atoms with Crippen LogP contribution in [0.25, 0.3) is 21.9 Å². The average molecular weight is 554 g/mol. The van der Waals surface area contributed by atoms with Crippen molar-refractivity contribution in [1.29, 1.82) is 0 Å². The molecule has 0 amide bonds. The minimum atomic E-state index is 0.00581. The van der Waals surface area contributed by atoms with Gasteiger partial charge in [0.25, 0.3) is 0 Å². The van der Waals surface area contributed by atoms with Crippen LogP contribution < -0.4 is 24.3 Å². The molecule has 216 valence electrons. The Balaban J connectivity index is 1.78. The average Bonchev–Trinajstić information content (AvgIpc) is 2.91. The number of rotatable bonds is 9. The van der Waals surface area contributed by atoms with E-state index in [1.165, 1.54) is 11.1 Å². The molecule has 0 saturated carbocycles. The van der Waals surface area contributed by atoms with Gasteiger partial charge in [0.1, 0.15) is 29.6 Å². The molecule has 0 saturated heterocycles. The number of fused-ring (bicyclic) bond motifs is 2. The molecular weight excluding hydrogens is 510 g/mol. The molecule has 0 spiro atoms. The molecule has 0 radical (unpaired) electrons. The Bertz CT molecular complexity index is 1530. The smallest absolute Gasteiger partial charge is 0.131 e. The van der Waals surface area contributed by atoms with Gasteiger partial charge in [0.2, 0.25) is 0 Å². The number of methoxy groups -OCH3 is 1. The summed E-state index contributed by atoms with van der Waals surface area (Å²) < 4.78 is 25.4. The summed E-state index contributed by atoms with van der Waals surface area (Å²) in [5, 5.41) is 5.78. The van der Waals surface area contributed by atoms with Gasteiger partial charge in [0.05, 0.1) is 24.7 Å². The van der Waals surface area contributed by atoms with E-state index in [1.54, 1.807) is 7.11 Å². The number of hydrogen-bond acceptors (Lipinski definition) is 5.